The number of rotatable bonds is 5. The van der Waals surface area contributed by atoms with E-state index in [4.69, 9.17) is 4.74 Å². The molecule has 1 aromatic heterocycles. The lowest BCUT2D eigenvalue weighted by molar-refractivity contribution is -0.0589. The van der Waals surface area contributed by atoms with Gasteiger partial charge in [0, 0.05) is 13.0 Å². The minimum Gasteiger partial charge on any atom is -0.478 e. The molecule has 2 heterocycles. The van der Waals surface area contributed by atoms with E-state index in [0.717, 1.165) is 24.6 Å². The van der Waals surface area contributed by atoms with Gasteiger partial charge < -0.3 is 14.4 Å². The Kier molecular flexibility index (Phi) is 4.16. The Morgan fingerprint density at radius 3 is 2.77 bits per heavy atom. The van der Waals surface area contributed by atoms with Crippen molar-refractivity contribution in [2.24, 2.45) is 0 Å². The molecule has 1 unspecified atom stereocenters. The first-order valence-electron chi connectivity index (χ1n) is 8.29. The van der Waals surface area contributed by atoms with Crippen LogP contribution in [0.5, 0.6) is 0 Å². The van der Waals surface area contributed by atoms with Crippen molar-refractivity contribution in [3.8, 4) is 0 Å². The van der Waals surface area contributed by atoms with Gasteiger partial charge in [-0.1, -0.05) is 0 Å². The van der Waals surface area contributed by atoms with Crippen LogP contribution in [0.2, 0.25) is 0 Å². The first-order valence-corrected chi connectivity index (χ1v) is 8.29. The smallest absolute Gasteiger partial charge is 0.335 e. The molecule has 26 heavy (non-hydrogen) atoms. The Labute approximate surface area is 147 Å². The molecule has 134 valence electrons. The average molecular weight is 358 g/mol. The summed E-state index contributed by atoms with van der Waals surface area (Å²) in [5.74, 6) is -1.50. The highest BCUT2D eigenvalue weighted by Gasteiger charge is 2.23. The molecule has 0 bridgehead atoms. The van der Waals surface area contributed by atoms with Crippen molar-refractivity contribution in [1.29, 1.82) is 0 Å². The molecule has 2 aromatic carbocycles. The van der Waals surface area contributed by atoms with Gasteiger partial charge >= 0.3 is 5.97 Å². The summed E-state index contributed by atoms with van der Waals surface area (Å²) in [6.45, 7) is 1.18. The van der Waals surface area contributed by atoms with Gasteiger partial charge in [0.2, 0.25) is 0 Å². The van der Waals surface area contributed by atoms with Gasteiger partial charge in [0.05, 0.1) is 29.2 Å². The van der Waals surface area contributed by atoms with Crippen molar-refractivity contribution >= 4 is 17.0 Å². The number of benzene rings is 2. The number of ether oxygens (including phenoxy) is 1. The van der Waals surface area contributed by atoms with E-state index in [9.17, 15) is 18.7 Å². The molecule has 0 spiro atoms. The molecule has 5 nitrogen and oxygen atoms in total. The molecule has 1 saturated heterocycles. The maximum atomic E-state index is 14.0. The molecule has 0 saturated carbocycles. The normalized spacial score (nSPS) is 16.6. The van der Waals surface area contributed by atoms with Gasteiger partial charge in [0.15, 0.2) is 0 Å². The van der Waals surface area contributed by atoms with Crippen LogP contribution in [-0.4, -0.2) is 33.3 Å². The molecule has 1 fully saturated rings. The fourth-order valence-electron chi connectivity index (χ4n) is 3.13. The molecule has 0 amide bonds. The Hall–Kier alpha value is -2.80. The van der Waals surface area contributed by atoms with Crippen molar-refractivity contribution in [3.63, 3.8) is 0 Å². The summed E-state index contributed by atoms with van der Waals surface area (Å²) >= 11 is 0. The summed E-state index contributed by atoms with van der Waals surface area (Å²) in [6, 6.07) is 7.98. The Morgan fingerprint density at radius 2 is 2.08 bits per heavy atom. The standard InChI is InChI=1S/C19H16F2N2O3/c20-13-2-3-15(21)12(7-13)9-18-22-16-4-1-11(19(24)25)8-17(16)23(18)10-14-5-6-26-14/h1-4,7-8,14H,5-6,9-10H2,(H,24,25). The molecule has 0 aliphatic carbocycles. The first kappa shape index (κ1) is 16.7. The highest BCUT2D eigenvalue weighted by molar-refractivity contribution is 5.92. The molecule has 0 radical (unpaired) electrons. The number of carbonyl (C=O) groups is 1. The van der Waals surface area contributed by atoms with Gasteiger partial charge in [0.25, 0.3) is 0 Å². The lowest BCUT2D eigenvalue weighted by Crippen LogP contribution is -2.31. The molecular weight excluding hydrogens is 342 g/mol. The van der Waals surface area contributed by atoms with Crippen LogP contribution in [0.3, 0.4) is 0 Å². The second-order valence-electron chi connectivity index (χ2n) is 6.34. The second kappa shape index (κ2) is 6.49. The topological polar surface area (TPSA) is 64.3 Å². The number of fused-ring (bicyclic) bond motifs is 1. The van der Waals surface area contributed by atoms with Gasteiger partial charge in [0.1, 0.15) is 17.5 Å². The van der Waals surface area contributed by atoms with Gasteiger partial charge in [-0.15, -0.1) is 0 Å². The van der Waals surface area contributed by atoms with Gasteiger partial charge in [-0.05, 0) is 48.4 Å². The molecule has 1 aliphatic rings. The van der Waals surface area contributed by atoms with Crippen molar-refractivity contribution in [2.45, 2.75) is 25.5 Å². The van der Waals surface area contributed by atoms with Crippen LogP contribution in [0, 0.1) is 11.6 Å². The quantitative estimate of drug-likeness (QED) is 0.759. The monoisotopic (exact) mass is 358 g/mol. The predicted octanol–water partition coefficient (Wildman–Crippen LogP) is 3.39. The zero-order valence-electron chi connectivity index (χ0n) is 13.8. The molecular formula is C19H16F2N2O3. The zero-order valence-corrected chi connectivity index (χ0v) is 13.8. The van der Waals surface area contributed by atoms with E-state index in [1.54, 1.807) is 12.1 Å². The highest BCUT2D eigenvalue weighted by Crippen LogP contribution is 2.24. The summed E-state index contributed by atoms with van der Waals surface area (Å²) in [5, 5.41) is 9.24. The summed E-state index contributed by atoms with van der Waals surface area (Å²) in [5.41, 5.74) is 1.61. The molecule has 3 aromatic rings. The van der Waals surface area contributed by atoms with Crippen LogP contribution < -0.4 is 0 Å². The third-order valence-corrected chi connectivity index (χ3v) is 4.61. The summed E-state index contributed by atoms with van der Waals surface area (Å²) in [4.78, 5) is 15.8. The Morgan fingerprint density at radius 1 is 1.27 bits per heavy atom. The van der Waals surface area contributed by atoms with E-state index in [1.807, 2.05) is 4.57 Å². The molecule has 1 atom stereocenters. The van der Waals surface area contributed by atoms with Crippen molar-refractivity contribution < 1.29 is 23.4 Å². The second-order valence-corrected chi connectivity index (χ2v) is 6.34. The Balaban J connectivity index is 1.80. The van der Waals surface area contributed by atoms with Crippen LogP contribution in [0.1, 0.15) is 28.2 Å². The number of nitrogens with zero attached hydrogens (tertiary/aromatic N) is 2. The number of carboxylic acids is 1. The van der Waals surface area contributed by atoms with Crippen molar-refractivity contribution in [2.75, 3.05) is 6.61 Å². The van der Waals surface area contributed by atoms with Gasteiger partial charge in [-0.3, -0.25) is 0 Å². The number of carboxylic acid groups (broad SMARTS) is 1. The van der Waals surface area contributed by atoms with Crippen LogP contribution in [0.4, 0.5) is 8.78 Å². The van der Waals surface area contributed by atoms with Crippen LogP contribution in [0.25, 0.3) is 11.0 Å². The predicted molar refractivity (Wildman–Crippen MR) is 90.2 cm³/mol. The minimum atomic E-state index is -1.03. The third kappa shape index (κ3) is 3.06. The van der Waals surface area contributed by atoms with E-state index < -0.39 is 17.6 Å². The third-order valence-electron chi connectivity index (χ3n) is 4.61. The largest absolute Gasteiger partial charge is 0.478 e. The van der Waals surface area contributed by atoms with Crippen LogP contribution >= 0.6 is 0 Å². The first-order chi connectivity index (χ1) is 12.5. The number of halogens is 2. The van der Waals surface area contributed by atoms with Gasteiger partial charge in [-0.25, -0.2) is 18.6 Å². The van der Waals surface area contributed by atoms with Crippen LogP contribution in [-0.2, 0) is 17.7 Å². The lowest BCUT2D eigenvalue weighted by Gasteiger charge is -2.27. The highest BCUT2D eigenvalue weighted by atomic mass is 19.1. The van der Waals surface area contributed by atoms with E-state index in [-0.39, 0.29) is 23.7 Å². The van der Waals surface area contributed by atoms with Gasteiger partial charge in [-0.2, -0.15) is 0 Å². The maximum Gasteiger partial charge on any atom is 0.335 e. The van der Waals surface area contributed by atoms with Crippen molar-refractivity contribution in [1.82, 2.24) is 9.55 Å². The van der Waals surface area contributed by atoms with E-state index in [2.05, 4.69) is 4.98 Å². The SMILES string of the molecule is O=C(O)c1ccc2nc(Cc3cc(F)ccc3F)n(CC3CCO3)c2c1. The molecule has 1 N–H and O–H groups in total. The summed E-state index contributed by atoms with van der Waals surface area (Å²) in [6.07, 6.45) is 1.01. The zero-order chi connectivity index (χ0) is 18.3. The molecule has 4 rings (SSSR count). The average Bonchev–Trinajstić information content (AvgIpc) is 2.90. The number of hydrogen-bond donors (Lipinski definition) is 1. The molecule has 7 heteroatoms. The number of hydrogen-bond acceptors (Lipinski definition) is 3. The number of imidazole rings is 1. The fraction of sp³-hybridized carbons (Fsp3) is 0.263. The maximum absolute atomic E-state index is 14.0. The van der Waals surface area contributed by atoms with Crippen molar-refractivity contribution in [3.05, 3.63) is 65.0 Å². The number of aromatic carboxylic acids is 1. The van der Waals surface area contributed by atoms with E-state index in [1.165, 1.54) is 6.07 Å². The Bertz CT molecular complexity index is 996. The summed E-state index contributed by atoms with van der Waals surface area (Å²) in [7, 11) is 0. The van der Waals surface area contributed by atoms with Crippen LogP contribution in [0.15, 0.2) is 36.4 Å². The lowest BCUT2D eigenvalue weighted by atomic mass is 10.1. The minimum absolute atomic E-state index is 0.0111. The van der Waals surface area contributed by atoms with E-state index >= 15 is 0 Å². The summed E-state index contributed by atoms with van der Waals surface area (Å²) < 4.78 is 34.9. The van der Waals surface area contributed by atoms with E-state index in [0.29, 0.717) is 30.0 Å². The molecule has 1 aliphatic heterocycles. The number of aromatic nitrogens is 2. The fourth-order valence-corrected chi connectivity index (χ4v) is 3.13.